The van der Waals surface area contributed by atoms with Gasteiger partial charge in [-0.1, -0.05) is 18.2 Å². The van der Waals surface area contributed by atoms with Crippen LogP contribution in [0.4, 0.5) is 5.69 Å². The molecule has 0 heterocycles. The zero-order chi connectivity index (χ0) is 8.10. The fraction of sp³-hybridized carbons (Fsp3) is 0.125. The molecule has 0 spiro atoms. The first-order valence-corrected chi connectivity index (χ1v) is 3.22. The van der Waals surface area contributed by atoms with E-state index in [1.807, 2.05) is 18.2 Å². The fourth-order valence-electron chi connectivity index (χ4n) is 0.725. The van der Waals surface area contributed by atoms with E-state index in [1.165, 1.54) is 0 Å². The van der Waals surface area contributed by atoms with Crippen molar-refractivity contribution < 1.29 is 5.11 Å². The van der Waals surface area contributed by atoms with Gasteiger partial charge >= 0.3 is 0 Å². The second kappa shape index (κ2) is 3.59. The second-order valence-electron chi connectivity index (χ2n) is 2.04. The summed E-state index contributed by atoms with van der Waals surface area (Å²) in [7, 11) is 0. The van der Waals surface area contributed by atoms with Gasteiger partial charge < -0.3 is 10.4 Å². The van der Waals surface area contributed by atoms with Crippen LogP contribution in [0.1, 0.15) is 0 Å². The minimum Gasteiger partial charge on any atom is -0.362 e. The van der Waals surface area contributed by atoms with Crippen LogP contribution in [0.3, 0.4) is 0 Å². The highest BCUT2D eigenvalue weighted by Gasteiger charge is 1.97. The van der Waals surface area contributed by atoms with Crippen LogP contribution >= 0.6 is 0 Å². The van der Waals surface area contributed by atoms with Gasteiger partial charge in [-0.25, -0.2) is 0 Å². The van der Waals surface area contributed by atoms with Crippen LogP contribution in [0.25, 0.3) is 0 Å². The third-order valence-corrected chi connectivity index (χ3v) is 1.20. The third-order valence-electron chi connectivity index (χ3n) is 1.20. The molecule has 0 saturated heterocycles. The molecule has 0 amide bonds. The maximum atomic E-state index is 8.84. The maximum Gasteiger partial charge on any atom is 0.214 e. The molecule has 3 heteroatoms. The lowest BCUT2D eigenvalue weighted by Gasteiger charge is -2.04. The molecule has 0 aliphatic carbocycles. The van der Waals surface area contributed by atoms with Crippen LogP contribution in [0.2, 0.25) is 0 Å². The van der Waals surface area contributed by atoms with E-state index in [0.29, 0.717) is 0 Å². The smallest absolute Gasteiger partial charge is 0.214 e. The second-order valence-corrected chi connectivity index (χ2v) is 2.04. The summed E-state index contributed by atoms with van der Waals surface area (Å²) >= 11 is 0. The van der Waals surface area contributed by atoms with Gasteiger partial charge in [-0.15, -0.1) is 0 Å². The quantitative estimate of drug-likeness (QED) is 0.484. The van der Waals surface area contributed by atoms with Gasteiger partial charge in [-0.05, 0) is 12.1 Å². The molecular formula is C8H8N2O. The normalized spacial score (nSPS) is 11.6. The van der Waals surface area contributed by atoms with E-state index in [9.17, 15) is 0 Å². The number of para-hydroxylation sites is 1. The lowest BCUT2D eigenvalue weighted by molar-refractivity contribution is 0.259. The molecule has 0 aliphatic heterocycles. The van der Waals surface area contributed by atoms with Crippen LogP contribution < -0.4 is 5.32 Å². The van der Waals surface area contributed by atoms with Crippen LogP contribution in [0.5, 0.6) is 0 Å². The summed E-state index contributed by atoms with van der Waals surface area (Å²) in [6.45, 7) is 0. The number of aliphatic hydroxyl groups is 1. The number of nitrogens with one attached hydrogen (secondary N) is 1. The van der Waals surface area contributed by atoms with Crippen LogP contribution in [0.15, 0.2) is 30.3 Å². The number of nitriles is 1. The van der Waals surface area contributed by atoms with Gasteiger partial charge in [0.05, 0.1) is 0 Å². The van der Waals surface area contributed by atoms with Gasteiger partial charge in [0.2, 0.25) is 6.23 Å². The van der Waals surface area contributed by atoms with Gasteiger partial charge in [0.1, 0.15) is 6.07 Å². The molecule has 0 aliphatic rings. The summed E-state index contributed by atoms with van der Waals surface area (Å²) < 4.78 is 0. The van der Waals surface area contributed by atoms with Gasteiger partial charge in [0, 0.05) is 5.69 Å². The molecule has 2 N–H and O–H groups in total. The van der Waals surface area contributed by atoms with E-state index in [-0.39, 0.29) is 0 Å². The first-order valence-electron chi connectivity index (χ1n) is 3.22. The molecule has 0 radical (unpaired) electrons. The van der Waals surface area contributed by atoms with Crippen molar-refractivity contribution in [3.8, 4) is 6.07 Å². The van der Waals surface area contributed by atoms with Crippen LogP contribution in [-0.4, -0.2) is 11.3 Å². The summed E-state index contributed by atoms with van der Waals surface area (Å²) in [5, 5.41) is 19.7. The van der Waals surface area contributed by atoms with Crippen LogP contribution in [0, 0.1) is 11.3 Å². The van der Waals surface area contributed by atoms with Crippen molar-refractivity contribution in [3.05, 3.63) is 30.3 Å². The molecule has 56 valence electrons. The summed E-state index contributed by atoms with van der Waals surface area (Å²) in [6.07, 6.45) is -1.13. The number of benzene rings is 1. The van der Waals surface area contributed by atoms with E-state index in [4.69, 9.17) is 10.4 Å². The molecule has 1 aromatic carbocycles. The standard InChI is InChI=1S/C8H8N2O/c9-6-8(11)10-7-4-2-1-3-5-7/h1-5,8,10-11H. The zero-order valence-electron chi connectivity index (χ0n) is 5.86. The van der Waals surface area contributed by atoms with Crippen molar-refractivity contribution in [3.63, 3.8) is 0 Å². The molecule has 11 heavy (non-hydrogen) atoms. The minimum atomic E-state index is -1.13. The highest BCUT2D eigenvalue weighted by Crippen LogP contribution is 2.05. The Hall–Kier alpha value is -1.53. The number of nitrogens with zero attached hydrogens (tertiary/aromatic N) is 1. The monoisotopic (exact) mass is 148 g/mol. The van der Waals surface area contributed by atoms with Crippen molar-refractivity contribution in [2.24, 2.45) is 0 Å². The Morgan fingerprint density at radius 1 is 1.36 bits per heavy atom. The van der Waals surface area contributed by atoms with Crippen molar-refractivity contribution in [2.45, 2.75) is 6.23 Å². The Bertz CT molecular complexity index is 253. The average Bonchev–Trinajstić information content (AvgIpc) is 2.06. The average molecular weight is 148 g/mol. The topological polar surface area (TPSA) is 56.0 Å². The number of hydrogen-bond donors (Lipinski definition) is 2. The molecule has 0 saturated carbocycles. The molecule has 0 fully saturated rings. The SMILES string of the molecule is N#CC(O)Nc1ccccc1. The van der Waals surface area contributed by atoms with Gasteiger partial charge in [0.25, 0.3) is 0 Å². The Labute approximate surface area is 64.9 Å². The van der Waals surface area contributed by atoms with E-state index in [1.54, 1.807) is 18.2 Å². The minimum absolute atomic E-state index is 0.738. The van der Waals surface area contributed by atoms with Crippen molar-refractivity contribution in [1.82, 2.24) is 0 Å². The summed E-state index contributed by atoms with van der Waals surface area (Å²) in [5.41, 5.74) is 0.738. The van der Waals surface area contributed by atoms with Gasteiger partial charge in [-0.2, -0.15) is 5.26 Å². The Morgan fingerprint density at radius 3 is 2.55 bits per heavy atom. The van der Waals surface area contributed by atoms with Crippen molar-refractivity contribution in [2.75, 3.05) is 5.32 Å². The van der Waals surface area contributed by atoms with E-state index in [2.05, 4.69) is 5.32 Å². The number of rotatable bonds is 2. The predicted octanol–water partition coefficient (Wildman–Crippen LogP) is 0.940. The lowest BCUT2D eigenvalue weighted by atomic mass is 10.3. The molecule has 1 atom stereocenters. The van der Waals surface area contributed by atoms with E-state index in [0.717, 1.165) is 5.69 Å². The highest BCUT2D eigenvalue weighted by molar-refractivity contribution is 5.43. The number of aliphatic hydroxyl groups excluding tert-OH is 1. The highest BCUT2D eigenvalue weighted by atomic mass is 16.3. The molecule has 1 aromatic rings. The fourth-order valence-corrected chi connectivity index (χ4v) is 0.725. The third kappa shape index (κ3) is 2.28. The Morgan fingerprint density at radius 2 is 2.00 bits per heavy atom. The van der Waals surface area contributed by atoms with Gasteiger partial charge in [-0.3, -0.25) is 0 Å². The first-order chi connectivity index (χ1) is 5.33. The molecule has 0 bridgehead atoms. The van der Waals surface area contributed by atoms with E-state index < -0.39 is 6.23 Å². The molecule has 0 aromatic heterocycles. The molecular weight excluding hydrogens is 140 g/mol. The predicted molar refractivity (Wildman–Crippen MR) is 41.7 cm³/mol. The maximum absolute atomic E-state index is 8.84. The first kappa shape index (κ1) is 7.58. The molecule has 1 rings (SSSR count). The summed E-state index contributed by atoms with van der Waals surface area (Å²) in [6, 6.07) is 10.7. The number of anilines is 1. The van der Waals surface area contributed by atoms with E-state index >= 15 is 0 Å². The zero-order valence-corrected chi connectivity index (χ0v) is 5.86. The van der Waals surface area contributed by atoms with Crippen LogP contribution in [-0.2, 0) is 0 Å². The molecule has 3 nitrogen and oxygen atoms in total. The Kier molecular flexibility index (Phi) is 2.47. The Balaban J connectivity index is 2.60. The lowest BCUT2D eigenvalue weighted by Crippen LogP contribution is -2.15. The van der Waals surface area contributed by atoms with Gasteiger partial charge in [0.15, 0.2) is 0 Å². The summed E-state index contributed by atoms with van der Waals surface area (Å²) in [4.78, 5) is 0. The molecule has 1 unspecified atom stereocenters. The summed E-state index contributed by atoms with van der Waals surface area (Å²) in [5.74, 6) is 0. The largest absolute Gasteiger partial charge is 0.362 e. The van der Waals surface area contributed by atoms with Crippen molar-refractivity contribution in [1.29, 1.82) is 5.26 Å². The van der Waals surface area contributed by atoms with Crippen molar-refractivity contribution >= 4 is 5.69 Å². The number of hydrogen-bond acceptors (Lipinski definition) is 3.